The maximum absolute atomic E-state index is 4.96. The van der Waals surface area contributed by atoms with E-state index in [9.17, 15) is 0 Å². The van der Waals surface area contributed by atoms with E-state index < -0.39 is 0 Å². The number of hydrogen-bond donors (Lipinski definition) is 2. The molecule has 0 unspecified atom stereocenters. The number of hydrogen-bond acceptors (Lipinski definition) is 1. The molecule has 0 amide bonds. The van der Waals surface area contributed by atoms with E-state index in [0.29, 0.717) is 0 Å². The zero-order chi connectivity index (χ0) is 19.8. The summed E-state index contributed by atoms with van der Waals surface area (Å²) in [6.07, 6.45) is 3.42. The van der Waals surface area contributed by atoms with Crippen LogP contribution in [0.4, 0.5) is 0 Å². The van der Waals surface area contributed by atoms with E-state index >= 15 is 0 Å². The molecular formula is C23H28BrN5+2. The van der Waals surface area contributed by atoms with Crippen molar-refractivity contribution in [1.82, 2.24) is 14.0 Å². The van der Waals surface area contributed by atoms with Crippen molar-refractivity contribution in [3.63, 3.8) is 0 Å². The third-order valence-electron chi connectivity index (χ3n) is 6.22. The van der Waals surface area contributed by atoms with Gasteiger partial charge >= 0.3 is 0 Å². The molecule has 5 nitrogen and oxygen atoms in total. The highest BCUT2D eigenvalue weighted by Crippen LogP contribution is 2.27. The van der Waals surface area contributed by atoms with Crippen LogP contribution in [0.3, 0.4) is 0 Å². The quantitative estimate of drug-likeness (QED) is 0.471. The maximum Gasteiger partial charge on any atom is 0.215 e. The van der Waals surface area contributed by atoms with E-state index in [-0.39, 0.29) is 0 Å². The fraction of sp³-hybridized carbons (Fsp3) is 0.348. The molecule has 2 N–H and O–H groups in total. The average Bonchev–Trinajstić information content (AvgIpc) is 3.27. The van der Waals surface area contributed by atoms with Gasteiger partial charge in [-0.3, -0.25) is 4.40 Å². The molecule has 0 radical (unpaired) electrons. The van der Waals surface area contributed by atoms with Gasteiger partial charge in [-0.15, -0.1) is 0 Å². The maximum atomic E-state index is 4.96. The molecule has 4 aromatic rings. The van der Waals surface area contributed by atoms with Crippen LogP contribution in [-0.4, -0.2) is 53.7 Å². The number of piperazine rings is 1. The molecule has 1 saturated heterocycles. The van der Waals surface area contributed by atoms with E-state index in [4.69, 9.17) is 4.98 Å². The van der Waals surface area contributed by atoms with Crippen LogP contribution in [0.25, 0.3) is 28.1 Å². The van der Waals surface area contributed by atoms with E-state index in [0.717, 1.165) is 22.3 Å². The fourth-order valence-electron chi connectivity index (χ4n) is 4.49. The summed E-state index contributed by atoms with van der Waals surface area (Å²) in [5.74, 6) is 1.04. The molecule has 5 rings (SSSR count). The molecular weight excluding hydrogens is 426 g/mol. The molecule has 150 valence electrons. The Labute approximate surface area is 179 Å². The summed E-state index contributed by atoms with van der Waals surface area (Å²) in [4.78, 5) is 8.38. The molecule has 0 spiro atoms. The number of aryl methyl sites for hydroxylation is 1. The number of nitrogens with one attached hydrogen (secondary N) is 2. The van der Waals surface area contributed by atoms with Crippen LogP contribution >= 0.6 is 15.9 Å². The van der Waals surface area contributed by atoms with Crippen molar-refractivity contribution in [3.8, 4) is 11.3 Å². The number of likely N-dealkylation sites (N-methyl/N-ethyl adjacent to an activating group) is 1. The van der Waals surface area contributed by atoms with Crippen LogP contribution in [-0.2, 0) is 6.54 Å². The molecule has 0 saturated carbocycles. The Balaban J connectivity index is 1.47. The Hall–Kier alpha value is -2.15. The molecule has 0 aliphatic carbocycles. The molecule has 1 aliphatic rings. The van der Waals surface area contributed by atoms with E-state index in [1.807, 2.05) is 0 Å². The zero-order valence-electron chi connectivity index (χ0n) is 16.9. The lowest BCUT2D eigenvalue weighted by Gasteiger charge is -2.27. The van der Waals surface area contributed by atoms with E-state index in [1.165, 1.54) is 55.9 Å². The summed E-state index contributed by atoms with van der Waals surface area (Å²) >= 11 is 3.56. The van der Waals surface area contributed by atoms with Gasteiger partial charge in [0.1, 0.15) is 26.2 Å². The van der Waals surface area contributed by atoms with E-state index in [1.54, 1.807) is 9.80 Å². The second kappa shape index (κ2) is 7.94. The van der Waals surface area contributed by atoms with Crippen LogP contribution in [0, 0.1) is 0 Å². The topological polar surface area (TPSA) is 31.1 Å². The molecule has 0 bridgehead atoms. The third-order valence-corrected chi connectivity index (χ3v) is 6.75. The first-order chi connectivity index (χ1) is 14.2. The van der Waals surface area contributed by atoms with Crippen LogP contribution in [0.5, 0.6) is 0 Å². The third kappa shape index (κ3) is 3.72. The number of quaternary nitrogens is 2. The minimum atomic E-state index is 0.997. The van der Waals surface area contributed by atoms with Crippen molar-refractivity contribution < 1.29 is 9.80 Å². The molecule has 6 heteroatoms. The summed E-state index contributed by atoms with van der Waals surface area (Å²) in [5, 5.41) is 0. The summed E-state index contributed by atoms with van der Waals surface area (Å²) in [5.41, 5.74) is 4.71. The van der Waals surface area contributed by atoms with Crippen molar-refractivity contribution in [2.75, 3.05) is 39.8 Å². The number of nitrogens with zero attached hydrogens (tertiary/aromatic N) is 3. The largest absolute Gasteiger partial charge is 0.328 e. The molecule has 2 aromatic heterocycles. The number of imidazole rings is 2. The van der Waals surface area contributed by atoms with Crippen LogP contribution < -0.4 is 9.80 Å². The lowest BCUT2D eigenvalue weighted by Crippen LogP contribution is -3.27. The van der Waals surface area contributed by atoms with Crippen LogP contribution in [0.1, 0.15) is 6.42 Å². The normalized spacial score (nSPS) is 19.9. The predicted octanol–water partition coefficient (Wildman–Crippen LogP) is 1.52. The number of fused-ring (bicyclic) bond motifs is 3. The van der Waals surface area contributed by atoms with Gasteiger partial charge in [0, 0.05) is 23.6 Å². The molecule has 2 aromatic carbocycles. The van der Waals surface area contributed by atoms with Gasteiger partial charge in [-0.1, -0.05) is 40.2 Å². The summed E-state index contributed by atoms with van der Waals surface area (Å²) < 4.78 is 5.76. The van der Waals surface area contributed by atoms with Gasteiger partial charge in [0.2, 0.25) is 5.78 Å². The standard InChI is InChI=1S/C23H26BrN5/c1-26-13-15-27(16-14-26)11-4-12-28-22(18-7-9-19(24)10-8-18)17-29-21-6-3-2-5-20(21)25-23(28)29/h2-3,5-10,17H,4,11-16H2,1H3/p+2. The Kier molecular flexibility index (Phi) is 5.16. The Morgan fingerprint density at radius 1 is 1.00 bits per heavy atom. The summed E-state index contributed by atoms with van der Waals surface area (Å²) in [6.45, 7) is 7.40. The number of para-hydroxylation sites is 2. The molecule has 1 fully saturated rings. The van der Waals surface area contributed by atoms with Gasteiger partial charge in [0.05, 0.1) is 30.3 Å². The van der Waals surface area contributed by atoms with Crippen molar-refractivity contribution in [3.05, 3.63) is 59.2 Å². The number of aromatic nitrogens is 3. The molecule has 3 heterocycles. The van der Waals surface area contributed by atoms with Gasteiger partial charge in [0.15, 0.2) is 0 Å². The molecule has 29 heavy (non-hydrogen) atoms. The van der Waals surface area contributed by atoms with Crippen molar-refractivity contribution in [2.24, 2.45) is 0 Å². The monoisotopic (exact) mass is 453 g/mol. The minimum absolute atomic E-state index is 0.997. The van der Waals surface area contributed by atoms with Crippen molar-refractivity contribution in [1.29, 1.82) is 0 Å². The Morgan fingerprint density at radius 2 is 1.76 bits per heavy atom. The van der Waals surface area contributed by atoms with Crippen molar-refractivity contribution in [2.45, 2.75) is 13.0 Å². The Morgan fingerprint density at radius 3 is 2.55 bits per heavy atom. The van der Waals surface area contributed by atoms with Gasteiger partial charge in [-0.05, 0) is 29.8 Å². The number of benzene rings is 2. The SMILES string of the molecule is C[NH+]1CC[NH+](CCCn2c(-c3ccc(Br)cc3)cn3c4ccccc4nc23)CC1. The van der Waals surface area contributed by atoms with Gasteiger partial charge in [0.25, 0.3) is 0 Å². The first-order valence-electron chi connectivity index (χ1n) is 10.6. The lowest BCUT2D eigenvalue weighted by molar-refractivity contribution is -1.00. The second-order valence-electron chi connectivity index (χ2n) is 8.25. The minimum Gasteiger partial charge on any atom is -0.328 e. The zero-order valence-corrected chi connectivity index (χ0v) is 18.5. The predicted molar refractivity (Wildman–Crippen MR) is 121 cm³/mol. The Bertz CT molecular complexity index is 1120. The molecule has 0 atom stereocenters. The van der Waals surface area contributed by atoms with Gasteiger partial charge < -0.3 is 14.4 Å². The van der Waals surface area contributed by atoms with E-state index in [2.05, 4.69) is 86.7 Å². The highest BCUT2D eigenvalue weighted by molar-refractivity contribution is 9.10. The van der Waals surface area contributed by atoms with Crippen molar-refractivity contribution >= 4 is 32.7 Å². The highest BCUT2D eigenvalue weighted by Gasteiger charge is 2.20. The number of halogens is 1. The second-order valence-corrected chi connectivity index (χ2v) is 9.17. The first-order valence-corrected chi connectivity index (χ1v) is 11.4. The smallest absolute Gasteiger partial charge is 0.215 e. The summed E-state index contributed by atoms with van der Waals surface area (Å²) in [7, 11) is 2.31. The van der Waals surface area contributed by atoms with Crippen LogP contribution in [0.15, 0.2) is 59.2 Å². The first kappa shape index (κ1) is 18.9. The number of rotatable bonds is 5. The highest BCUT2D eigenvalue weighted by atomic mass is 79.9. The molecule has 1 aliphatic heterocycles. The van der Waals surface area contributed by atoms with Gasteiger partial charge in [-0.2, -0.15) is 0 Å². The van der Waals surface area contributed by atoms with Crippen LogP contribution in [0.2, 0.25) is 0 Å². The fourth-order valence-corrected chi connectivity index (χ4v) is 4.75. The van der Waals surface area contributed by atoms with Gasteiger partial charge in [-0.25, -0.2) is 4.98 Å². The lowest BCUT2D eigenvalue weighted by atomic mass is 10.1. The summed E-state index contributed by atoms with van der Waals surface area (Å²) in [6, 6.07) is 17.0. The average molecular weight is 454 g/mol.